The lowest BCUT2D eigenvalue weighted by atomic mass is 10.0. The van der Waals surface area contributed by atoms with Gasteiger partial charge in [0.25, 0.3) is 0 Å². The molecule has 1 aromatic heterocycles. The van der Waals surface area contributed by atoms with Gasteiger partial charge in [-0.2, -0.15) is 10.2 Å². The van der Waals surface area contributed by atoms with Crippen LogP contribution in [-0.4, -0.2) is 22.1 Å². The van der Waals surface area contributed by atoms with Gasteiger partial charge >= 0.3 is 5.69 Å². The molecule has 0 spiro atoms. The number of piperidine rings is 1. The number of hydrogen-bond donors (Lipinski definition) is 0. The topological polar surface area (TPSA) is 80.4 Å². The highest BCUT2D eigenvalue weighted by molar-refractivity contribution is 5.49. The largest absolute Gasteiger partial charge is 0.473 e. The Bertz CT molecular complexity index is 1310. The molecule has 5 rings (SSSR count). The minimum atomic E-state index is -0.371. The minimum absolute atomic E-state index is 0.146. The van der Waals surface area contributed by atoms with Crippen LogP contribution in [0.1, 0.15) is 36.0 Å². The normalized spacial score (nSPS) is 16.6. The molecule has 8 heteroatoms. The monoisotopic (exact) mass is 446 g/mol. The zero-order chi connectivity index (χ0) is 22.9. The van der Waals surface area contributed by atoms with Gasteiger partial charge in [0, 0.05) is 31.3 Å². The Balaban J connectivity index is 1.31. The standard InChI is InChI=1S/C25H23FN4O3/c1-16-5-7-20(11-21(16)26)33-22-8-6-17(10-18(22)13-27)15-32-23-12-24-29-9-3-2-4-19(29)14-30(24)25(31)28-23/h5-8,10-12,19H,2-4,9,14-15H2,1H3. The van der Waals surface area contributed by atoms with Crippen molar-refractivity contribution in [2.45, 2.75) is 45.4 Å². The number of anilines is 1. The van der Waals surface area contributed by atoms with Crippen molar-refractivity contribution in [1.29, 1.82) is 5.26 Å². The van der Waals surface area contributed by atoms with E-state index in [1.54, 1.807) is 41.8 Å². The summed E-state index contributed by atoms with van der Waals surface area (Å²) in [5, 5.41) is 9.55. The highest BCUT2D eigenvalue weighted by Crippen LogP contribution is 2.32. The number of halogens is 1. The van der Waals surface area contributed by atoms with E-state index in [2.05, 4.69) is 16.0 Å². The summed E-state index contributed by atoms with van der Waals surface area (Å²) >= 11 is 0. The Labute approximate surface area is 190 Å². The van der Waals surface area contributed by atoms with E-state index >= 15 is 0 Å². The first-order valence-electron chi connectivity index (χ1n) is 11.0. The van der Waals surface area contributed by atoms with Crippen LogP contribution in [0.5, 0.6) is 17.4 Å². The second-order valence-electron chi connectivity index (χ2n) is 8.43. The molecule has 1 saturated heterocycles. The quantitative estimate of drug-likeness (QED) is 0.581. The van der Waals surface area contributed by atoms with E-state index in [4.69, 9.17) is 9.47 Å². The number of rotatable bonds is 5. The van der Waals surface area contributed by atoms with Crippen molar-refractivity contribution in [3.8, 4) is 23.4 Å². The first kappa shape index (κ1) is 21.0. The molecule has 2 aromatic carbocycles. The van der Waals surface area contributed by atoms with E-state index in [1.807, 2.05) is 6.07 Å². The third kappa shape index (κ3) is 4.14. The van der Waals surface area contributed by atoms with Crippen molar-refractivity contribution in [1.82, 2.24) is 9.55 Å². The molecule has 0 amide bonds. The molecule has 0 aliphatic carbocycles. The molecule has 0 N–H and O–H groups in total. The van der Waals surface area contributed by atoms with Crippen LogP contribution >= 0.6 is 0 Å². The van der Waals surface area contributed by atoms with Crippen LogP contribution in [0.15, 0.2) is 47.3 Å². The van der Waals surface area contributed by atoms with Gasteiger partial charge in [-0.3, -0.25) is 4.57 Å². The fourth-order valence-electron chi connectivity index (χ4n) is 4.42. The van der Waals surface area contributed by atoms with Crippen molar-refractivity contribution in [2.24, 2.45) is 0 Å². The van der Waals surface area contributed by atoms with E-state index in [-0.39, 0.29) is 24.0 Å². The summed E-state index contributed by atoms with van der Waals surface area (Å²) in [5.74, 6) is 1.41. The number of aromatic nitrogens is 2. The molecule has 1 unspecified atom stereocenters. The van der Waals surface area contributed by atoms with Gasteiger partial charge in [-0.1, -0.05) is 12.1 Å². The molecule has 1 atom stereocenters. The highest BCUT2D eigenvalue weighted by Gasteiger charge is 2.32. The molecular weight excluding hydrogens is 423 g/mol. The number of fused-ring (bicyclic) bond motifs is 3. The Kier molecular flexibility index (Phi) is 5.47. The fraction of sp³-hybridized carbons (Fsp3) is 0.320. The Morgan fingerprint density at radius 3 is 2.91 bits per heavy atom. The van der Waals surface area contributed by atoms with Crippen LogP contribution in [0.25, 0.3) is 0 Å². The fourth-order valence-corrected chi connectivity index (χ4v) is 4.42. The molecule has 0 radical (unpaired) electrons. The third-order valence-electron chi connectivity index (χ3n) is 6.20. The molecule has 0 saturated carbocycles. The van der Waals surface area contributed by atoms with E-state index in [9.17, 15) is 14.4 Å². The van der Waals surface area contributed by atoms with Gasteiger partial charge in [-0.05, 0) is 55.5 Å². The number of nitriles is 1. The zero-order valence-corrected chi connectivity index (χ0v) is 18.3. The Hall–Kier alpha value is -3.86. The molecule has 168 valence electrons. The lowest BCUT2D eigenvalue weighted by Crippen LogP contribution is -2.36. The molecule has 2 aliphatic rings. The summed E-state index contributed by atoms with van der Waals surface area (Å²) in [6, 6.07) is 13.9. The predicted octanol–water partition coefficient (Wildman–Crippen LogP) is 4.31. The van der Waals surface area contributed by atoms with E-state index in [0.717, 1.165) is 30.8 Å². The summed E-state index contributed by atoms with van der Waals surface area (Å²) < 4.78 is 27.0. The second-order valence-corrected chi connectivity index (χ2v) is 8.43. The number of hydrogen-bond acceptors (Lipinski definition) is 6. The number of benzene rings is 2. The van der Waals surface area contributed by atoms with Gasteiger partial charge in [0.1, 0.15) is 35.8 Å². The van der Waals surface area contributed by atoms with Gasteiger partial charge < -0.3 is 14.4 Å². The van der Waals surface area contributed by atoms with Crippen LogP contribution in [0.4, 0.5) is 10.2 Å². The van der Waals surface area contributed by atoms with Gasteiger partial charge in [0.15, 0.2) is 0 Å². The average Bonchev–Trinajstić information content (AvgIpc) is 3.20. The summed E-state index contributed by atoms with van der Waals surface area (Å²) in [7, 11) is 0. The lowest BCUT2D eigenvalue weighted by Gasteiger charge is -2.30. The summed E-state index contributed by atoms with van der Waals surface area (Å²) in [6.07, 6.45) is 3.38. The maximum Gasteiger partial charge on any atom is 0.352 e. The van der Waals surface area contributed by atoms with Gasteiger partial charge in [0.05, 0.1) is 5.56 Å². The van der Waals surface area contributed by atoms with Crippen molar-refractivity contribution < 1.29 is 13.9 Å². The average molecular weight is 446 g/mol. The van der Waals surface area contributed by atoms with Gasteiger partial charge in [-0.15, -0.1) is 0 Å². The molecule has 2 aliphatic heterocycles. The van der Waals surface area contributed by atoms with Gasteiger partial charge in [-0.25, -0.2) is 9.18 Å². The van der Waals surface area contributed by atoms with Crippen molar-refractivity contribution in [3.63, 3.8) is 0 Å². The van der Waals surface area contributed by atoms with Crippen LogP contribution in [-0.2, 0) is 13.2 Å². The summed E-state index contributed by atoms with van der Waals surface area (Å²) in [6.45, 7) is 3.43. The van der Waals surface area contributed by atoms with Crippen molar-refractivity contribution >= 4 is 5.82 Å². The molecule has 0 bridgehead atoms. The summed E-state index contributed by atoms with van der Waals surface area (Å²) in [5.41, 5.74) is 1.25. The van der Waals surface area contributed by atoms with Crippen LogP contribution in [0.2, 0.25) is 0 Å². The SMILES string of the molecule is Cc1ccc(Oc2ccc(COc3cc4n(c(=O)n3)CC3CCCCN43)cc2C#N)cc1F. The maximum absolute atomic E-state index is 13.8. The minimum Gasteiger partial charge on any atom is -0.473 e. The molecule has 3 heterocycles. The van der Waals surface area contributed by atoms with E-state index < -0.39 is 0 Å². The van der Waals surface area contributed by atoms with Crippen molar-refractivity contribution in [3.05, 3.63) is 75.5 Å². The van der Waals surface area contributed by atoms with Gasteiger partial charge in [0.2, 0.25) is 5.88 Å². The smallest absolute Gasteiger partial charge is 0.352 e. The first-order chi connectivity index (χ1) is 16.0. The van der Waals surface area contributed by atoms with Crippen molar-refractivity contribution in [2.75, 3.05) is 11.4 Å². The first-order valence-corrected chi connectivity index (χ1v) is 11.0. The third-order valence-corrected chi connectivity index (χ3v) is 6.20. The number of ether oxygens (including phenoxy) is 2. The Morgan fingerprint density at radius 2 is 2.09 bits per heavy atom. The van der Waals surface area contributed by atoms with Crippen LogP contribution in [0.3, 0.4) is 0 Å². The summed E-state index contributed by atoms with van der Waals surface area (Å²) in [4.78, 5) is 18.9. The maximum atomic E-state index is 13.8. The molecule has 7 nitrogen and oxygen atoms in total. The molecular formula is C25H23FN4O3. The zero-order valence-electron chi connectivity index (χ0n) is 18.3. The number of aryl methyl sites for hydroxylation is 1. The molecule has 1 fully saturated rings. The van der Waals surface area contributed by atoms with E-state index in [0.29, 0.717) is 35.2 Å². The molecule has 33 heavy (non-hydrogen) atoms. The highest BCUT2D eigenvalue weighted by atomic mass is 19.1. The molecule has 3 aromatic rings. The van der Waals surface area contributed by atoms with Crippen LogP contribution < -0.4 is 20.1 Å². The predicted molar refractivity (Wildman–Crippen MR) is 120 cm³/mol. The Morgan fingerprint density at radius 1 is 1.21 bits per heavy atom. The second kappa shape index (κ2) is 8.58. The van der Waals surface area contributed by atoms with E-state index in [1.165, 1.54) is 12.5 Å². The van der Waals surface area contributed by atoms with Crippen LogP contribution in [0, 0.1) is 24.1 Å². The number of nitrogens with zero attached hydrogens (tertiary/aromatic N) is 4. The lowest BCUT2D eigenvalue weighted by molar-refractivity contribution is 0.291.